The molecular formula is C38H33N2O4P. The Morgan fingerprint density at radius 3 is 1.73 bits per heavy atom. The number of para-hydroxylation sites is 1. The van der Waals surface area contributed by atoms with Crippen LogP contribution in [0.5, 0.6) is 0 Å². The number of anilines is 1. The Morgan fingerprint density at radius 2 is 1.18 bits per heavy atom. The smallest absolute Gasteiger partial charge is 0.388 e. The minimum atomic E-state index is -1.95. The van der Waals surface area contributed by atoms with Crippen molar-refractivity contribution >= 4 is 63.4 Å². The second kappa shape index (κ2) is 12.2. The van der Waals surface area contributed by atoms with E-state index in [2.05, 4.69) is 85.1 Å². The van der Waals surface area contributed by atoms with Crippen LogP contribution in [0.25, 0.3) is 43.5 Å². The Morgan fingerprint density at radius 1 is 0.689 bits per heavy atom. The molecule has 6 nitrogen and oxygen atoms in total. The molecule has 45 heavy (non-hydrogen) atoms. The molecule has 2 amide bonds. The van der Waals surface area contributed by atoms with Gasteiger partial charge < -0.3 is 19.0 Å². The molecule has 0 aliphatic rings. The summed E-state index contributed by atoms with van der Waals surface area (Å²) in [6, 6.07) is 39.5. The Bertz CT molecular complexity index is 2110. The van der Waals surface area contributed by atoms with Crippen molar-refractivity contribution in [3.63, 3.8) is 0 Å². The van der Waals surface area contributed by atoms with Crippen LogP contribution in [-0.4, -0.2) is 12.1 Å². The summed E-state index contributed by atoms with van der Waals surface area (Å²) in [6.07, 6.45) is -0.564. The van der Waals surface area contributed by atoms with Crippen LogP contribution in [0, 0.1) is 13.8 Å². The first-order valence-corrected chi connectivity index (χ1v) is 16.1. The van der Waals surface area contributed by atoms with Gasteiger partial charge in [-0.2, -0.15) is 0 Å². The third-order valence-electron chi connectivity index (χ3n) is 8.13. The fourth-order valence-corrected chi connectivity index (χ4v) is 7.41. The Labute approximate surface area is 262 Å². The van der Waals surface area contributed by atoms with Gasteiger partial charge in [-0.1, -0.05) is 97.1 Å². The predicted octanol–water partition coefficient (Wildman–Crippen LogP) is 10.6. The van der Waals surface area contributed by atoms with Crippen molar-refractivity contribution in [2.45, 2.75) is 32.9 Å². The second-order valence-corrected chi connectivity index (χ2v) is 12.4. The molecule has 0 saturated heterocycles. The van der Waals surface area contributed by atoms with E-state index in [1.165, 1.54) is 0 Å². The van der Waals surface area contributed by atoms with Gasteiger partial charge in [0.15, 0.2) is 0 Å². The Kier molecular flexibility index (Phi) is 7.76. The van der Waals surface area contributed by atoms with Gasteiger partial charge in [0.05, 0.1) is 6.04 Å². The molecule has 2 atom stereocenters. The van der Waals surface area contributed by atoms with E-state index >= 15 is 0 Å². The van der Waals surface area contributed by atoms with E-state index in [4.69, 9.17) is 12.9 Å². The molecule has 0 fully saturated rings. The molecule has 2 N–H and O–H groups in total. The van der Waals surface area contributed by atoms with Crippen LogP contribution in [0.15, 0.2) is 130 Å². The highest BCUT2D eigenvalue weighted by molar-refractivity contribution is 7.31. The lowest BCUT2D eigenvalue weighted by Crippen LogP contribution is -2.41. The number of carbonyl (C=O) groups is 1. The third-order valence-corrected chi connectivity index (χ3v) is 9.19. The first kappa shape index (κ1) is 28.7. The molecule has 0 spiro atoms. The summed E-state index contributed by atoms with van der Waals surface area (Å²) in [6.45, 7) is 6.05. The molecule has 0 saturated carbocycles. The lowest BCUT2D eigenvalue weighted by atomic mass is 9.95. The molecule has 1 aromatic heterocycles. The van der Waals surface area contributed by atoms with Gasteiger partial charge in [-0.3, -0.25) is 4.52 Å². The number of hydrogen-bond donors (Lipinski definition) is 2. The van der Waals surface area contributed by atoms with Crippen LogP contribution in [0.4, 0.5) is 10.5 Å². The number of hydrogen-bond acceptors (Lipinski definition) is 4. The molecule has 224 valence electrons. The monoisotopic (exact) mass is 612 g/mol. The molecule has 0 aliphatic heterocycles. The van der Waals surface area contributed by atoms with Crippen molar-refractivity contribution in [3.8, 4) is 0 Å². The number of urea groups is 1. The predicted molar refractivity (Wildman–Crippen MR) is 185 cm³/mol. The van der Waals surface area contributed by atoms with Crippen molar-refractivity contribution in [2.75, 3.05) is 5.32 Å². The maximum atomic E-state index is 13.0. The largest absolute Gasteiger partial charge is 0.399 e. The van der Waals surface area contributed by atoms with Crippen LogP contribution in [0.1, 0.15) is 29.7 Å². The van der Waals surface area contributed by atoms with Crippen LogP contribution in [0.2, 0.25) is 0 Å². The maximum Gasteiger partial charge on any atom is 0.388 e. The summed E-state index contributed by atoms with van der Waals surface area (Å²) in [7, 11) is -1.95. The minimum Gasteiger partial charge on any atom is -0.399 e. The first-order valence-electron chi connectivity index (χ1n) is 15.0. The van der Waals surface area contributed by atoms with E-state index in [-0.39, 0.29) is 6.03 Å². The lowest BCUT2D eigenvalue weighted by Gasteiger charge is -2.24. The average molecular weight is 613 g/mol. The van der Waals surface area contributed by atoms with Gasteiger partial charge >= 0.3 is 14.3 Å². The summed E-state index contributed by atoms with van der Waals surface area (Å²) in [4.78, 5) is 13.0. The zero-order valence-electron chi connectivity index (χ0n) is 25.3. The van der Waals surface area contributed by atoms with E-state index in [0.29, 0.717) is 5.69 Å². The molecular weight excluding hydrogens is 579 g/mol. The van der Waals surface area contributed by atoms with Crippen LogP contribution in [-0.2, 0) is 0 Å². The number of amides is 2. The molecule has 1 unspecified atom stereocenters. The number of nitrogens with one attached hydrogen (secondary N) is 2. The van der Waals surface area contributed by atoms with E-state index in [1.54, 1.807) is 0 Å². The van der Waals surface area contributed by atoms with Crippen molar-refractivity contribution in [2.24, 2.45) is 0 Å². The van der Waals surface area contributed by atoms with Gasteiger partial charge in [-0.05, 0) is 83.3 Å². The van der Waals surface area contributed by atoms with Crippen LogP contribution >= 0.6 is 8.24 Å². The van der Waals surface area contributed by atoms with Crippen LogP contribution < -0.4 is 15.2 Å². The summed E-state index contributed by atoms with van der Waals surface area (Å²) in [5.74, 6) is 0. The van der Waals surface area contributed by atoms with Gasteiger partial charge in [-0.25, -0.2) is 4.79 Å². The van der Waals surface area contributed by atoms with Gasteiger partial charge in [-0.15, -0.1) is 0 Å². The summed E-state index contributed by atoms with van der Waals surface area (Å²) < 4.78 is 20.4. The van der Waals surface area contributed by atoms with Crippen LogP contribution in [0.3, 0.4) is 0 Å². The molecule has 6 aromatic carbocycles. The van der Waals surface area contributed by atoms with Gasteiger partial charge in [0.25, 0.3) is 0 Å². The topological polar surface area (TPSA) is 76.6 Å². The normalized spacial score (nSPS) is 12.8. The maximum absolute atomic E-state index is 13.0. The highest BCUT2D eigenvalue weighted by Crippen LogP contribution is 2.44. The summed E-state index contributed by atoms with van der Waals surface area (Å²) in [5, 5.41) is 12.4. The number of fused-ring (bicyclic) bond motifs is 7. The molecule has 7 heteroatoms. The highest BCUT2D eigenvalue weighted by Gasteiger charge is 2.26. The minimum absolute atomic E-state index is 0.325. The van der Waals surface area contributed by atoms with E-state index in [9.17, 15) is 4.79 Å². The number of carbonyl (C=O) groups excluding carboxylic acids is 1. The quantitative estimate of drug-likeness (QED) is 0.196. The lowest BCUT2D eigenvalue weighted by molar-refractivity contribution is 0.204. The molecule has 0 radical (unpaired) electrons. The summed E-state index contributed by atoms with van der Waals surface area (Å²) in [5.41, 5.74) is 5.07. The standard InChI is InChI=1S/C38H33N2O4P/c1-24-22-28-16-10-12-20-31(28)33-34-32-21-13-11-17-29(32)23-25(2)36(34)43-45(42-35(24)33)44-37(27-14-6-4-7-15-27)26(3)39-38(41)40-30-18-8-5-9-19-30/h4-23,26,37H,1-3H3,(H2,39,40,41)/t26-,37?/m1/s1. The van der Waals surface area contributed by atoms with E-state index < -0.39 is 20.4 Å². The zero-order valence-corrected chi connectivity index (χ0v) is 26.2. The van der Waals surface area contributed by atoms with Crippen molar-refractivity contribution < 1.29 is 17.7 Å². The fourth-order valence-electron chi connectivity index (χ4n) is 6.03. The first-order chi connectivity index (χ1) is 22.0. The second-order valence-electron chi connectivity index (χ2n) is 11.3. The zero-order chi connectivity index (χ0) is 30.9. The Balaban J connectivity index is 1.41. The number of rotatable bonds is 6. The molecule has 1 heterocycles. The average Bonchev–Trinajstić information content (AvgIpc) is 3.23. The van der Waals surface area contributed by atoms with Crippen molar-refractivity contribution in [1.82, 2.24) is 5.32 Å². The SMILES string of the molecule is Cc1cc2ccccc2c2c1op(OC(c1ccccc1)[C@@H](C)NC(=O)Nc1ccccc1)oc1c(C)cc3ccccc3c12. The number of aryl methyl sites for hydroxylation is 2. The summed E-state index contributed by atoms with van der Waals surface area (Å²) >= 11 is 0. The molecule has 0 aliphatic carbocycles. The van der Waals surface area contributed by atoms with Crippen molar-refractivity contribution in [3.05, 3.63) is 138 Å². The Hall–Kier alpha value is -5.03. The van der Waals surface area contributed by atoms with Crippen molar-refractivity contribution in [1.29, 1.82) is 0 Å². The molecule has 7 aromatic rings. The van der Waals surface area contributed by atoms with Gasteiger partial charge in [0.1, 0.15) is 17.3 Å². The van der Waals surface area contributed by atoms with E-state index in [1.807, 2.05) is 67.6 Å². The number of benzene rings is 6. The van der Waals surface area contributed by atoms with Gasteiger partial charge in [0.2, 0.25) is 0 Å². The highest BCUT2D eigenvalue weighted by atomic mass is 31.1. The molecule has 0 bridgehead atoms. The van der Waals surface area contributed by atoms with E-state index in [0.717, 1.165) is 60.2 Å². The van der Waals surface area contributed by atoms with Gasteiger partial charge in [0, 0.05) is 16.5 Å². The fraction of sp³-hybridized carbons (Fsp3) is 0.132. The molecule has 7 rings (SSSR count). The third kappa shape index (κ3) is 5.66.